The van der Waals surface area contributed by atoms with Crippen LogP contribution in [-0.4, -0.2) is 19.1 Å². The van der Waals surface area contributed by atoms with E-state index in [1.165, 1.54) is 12.8 Å². The molecule has 0 bridgehead atoms. The molecule has 0 amide bonds. The van der Waals surface area contributed by atoms with E-state index in [9.17, 15) is 4.79 Å². The molecule has 2 N–H and O–H groups in total. The molecule has 3 nitrogen and oxygen atoms in total. The lowest BCUT2D eigenvalue weighted by Crippen LogP contribution is -2.42. The minimum absolute atomic E-state index is 0.0335. The van der Waals surface area contributed by atoms with Crippen molar-refractivity contribution in [3.05, 3.63) is 0 Å². The number of ether oxygens (including phenoxy) is 1. The van der Waals surface area contributed by atoms with Gasteiger partial charge in [0.1, 0.15) is 0 Å². The minimum atomic E-state index is -0.360. The van der Waals surface area contributed by atoms with E-state index in [4.69, 9.17) is 10.5 Å². The third kappa shape index (κ3) is 2.57. The molecule has 0 aromatic carbocycles. The summed E-state index contributed by atoms with van der Waals surface area (Å²) < 4.78 is 5.42. The summed E-state index contributed by atoms with van der Waals surface area (Å²) in [6, 6.07) is 0. The van der Waals surface area contributed by atoms with Crippen molar-refractivity contribution in [3.8, 4) is 0 Å². The van der Waals surface area contributed by atoms with E-state index in [0.29, 0.717) is 19.1 Å². The first kappa shape index (κ1) is 11.9. The van der Waals surface area contributed by atoms with Crippen molar-refractivity contribution in [1.82, 2.24) is 0 Å². The summed E-state index contributed by atoms with van der Waals surface area (Å²) in [5.74, 6) is 1.34. The first-order valence-electron chi connectivity index (χ1n) is 6.53. The van der Waals surface area contributed by atoms with E-state index >= 15 is 0 Å². The number of esters is 1. The molecular formula is C13H23NO2. The average molecular weight is 225 g/mol. The lowest BCUT2D eigenvalue weighted by Gasteiger charge is -2.36. The van der Waals surface area contributed by atoms with Crippen LogP contribution in [-0.2, 0) is 9.53 Å². The Hall–Kier alpha value is -0.570. The molecule has 2 aliphatic carbocycles. The molecular weight excluding hydrogens is 202 g/mol. The summed E-state index contributed by atoms with van der Waals surface area (Å²) in [5, 5.41) is 0. The Morgan fingerprint density at radius 1 is 1.31 bits per heavy atom. The maximum atomic E-state index is 12.1. The van der Waals surface area contributed by atoms with Gasteiger partial charge in [0.2, 0.25) is 0 Å². The van der Waals surface area contributed by atoms with Gasteiger partial charge in [-0.25, -0.2) is 0 Å². The topological polar surface area (TPSA) is 52.3 Å². The van der Waals surface area contributed by atoms with Gasteiger partial charge in [0.15, 0.2) is 0 Å². The maximum absolute atomic E-state index is 12.1. The molecule has 3 heteroatoms. The predicted octanol–water partition coefficient (Wildman–Crippen LogP) is 2.09. The molecule has 0 atom stereocenters. The first-order valence-corrected chi connectivity index (χ1v) is 6.53. The molecule has 0 aliphatic heterocycles. The van der Waals surface area contributed by atoms with Crippen LogP contribution in [0.5, 0.6) is 0 Å². The van der Waals surface area contributed by atoms with Crippen molar-refractivity contribution in [2.24, 2.45) is 23.0 Å². The van der Waals surface area contributed by atoms with Crippen LogP contribution in [0.3, 0.4) is 0 Å². The highest BCUT2D eigenvalue weighted by atomic mass is 16.5. The Balaban J connectivity index is 1.88. The number of hydrogen-bond acceptors (Lipinski definition) is 3. The fraction of sp³-hybridized carbons (Fsp3) is 0.923. The average Bonchev–Trinajstić information content (AvgIpc) is 3.11. The van der Waals surface area contributed by atoms with Gasteiger partial charge in [-0.1, -0.05) is 6.92 Å². The molecule has 2 rings (SSSR count). The van der Waals surface area contributed by atoms with Crippen LogP contribution in [0.4, 0.5) is 0 Å². The van der Waals surface area contributed by atoms with Crippen LogP contribution in [0.1, 0.15) is 45.4 Å². The van der Waals surface area contributed by atoms with Gasteiger partial charge in [-0.3, -0.25) is 4.79 Å². The molecule has 16 heavy (non-hydrogen) atoms. The normalized spacial score (nSPS) is 34.8. The molecule has 0 aromatic heterocycles. The van der Waals surface area contributed by atoms with Crippen molar-refractivity contribution >= 4 is 5.97 Å². The van der Waals surface area contributed by atoms with E-state index in [2.05, 4.69) is 6.92 Å². The molecule has 2 fully saturated rings. The van der Waals surface area contributed by atoms with Crippen LogP contribution >= 0.6 is 0 Å². The zero-order valence-electron chi connectivity index (χ0n) is 10.2. The number of carbonyl (C=O) groups is 1. The molecule has 0 saturated heterocycles. The smallest absolute Gasteiger partial charge is 0.313 e. The molecule has 0 spiro atoms. The Morgan fingerprint density at radius 2 is 1.94 bits per heavy atom. The SMILES string of the molecule is CC1CCC(CN)(C(=O)OCC2CC2)CC1. The van der Waals surface area contributed by atoms with Crippen LogP contribution in [0.25, 0.3) is 0 Å². The second kappa shape index (κ2) is 4.74. The third-order valence-electron chi connectivity index (χ3n) is 4.20. The zero-order valence-corrected chi connectivity index (χ0v) is 10.2. The number of carbonyl (C=O) groups excluding carboxylic acids is 1. The van der Waals surface area contributed by atoms with Gasteiger partial charge in [0, 0.05) is 6.54 Å². The number of nitrogens with two attached hydrogens (primary N) is 1. The van der Waals surface area contributed by atoms with Crippen molar-refractivity contribution in [3.63, 3.8) is 0 Å². The molecule has 92 valence electrons. The van der Waals surface area contributed by atoms with E-state index < -0.39 is 0 Å². The zero-order chi connectivity index (χ0) is 11.6. The van der Waals surface area contributed by atoms with Gasteiger partial charge in [-0.05, 0) is 50.4 Å². The monoisotopic (exact) mass is 225 g/mol. The summed E-state index contributed by atoms with van der Waals surface area (Å²) >= 11 is 0. The van der Waals surface area contributed by atoms with Crippen LogP contribution in [0.2, 0.25) is 0 Å². The lowest BCUT2D eigenvalue weighted by atomic mass is 9.71. The maximum Gasteiger partial charge on any atom is 0.313 e. The van der Waals surface area contributed by atoms with E-state index in [-0.39, 0.29) is 11.4 Å². The number of rotatable bonds is 4. The minimum Gasteiger partial charge on any atom is -0.465 e. The van der Waals surface area contributed by atoms with Gasteiger partial charge in [-0.2, -0.15) is 0 Å². The fourth-order valence-electron chi connectivity index (χ4n) is 2.44. The summed E-state index contributed by atoms with van der Waals surface area (Å²) in [5.41, 5.74) is 5.45. The molecule has 0 aromatic rings. The van der Waals surface area contributed by atoms with Crippen molar-refractivity contribution in [1.29, 1.82) is 0 Å². The van der Waals surface area contributed by atoms with Crippen molar-refractivity contribution in [2.45, 2.75) is 45.4 Å². The highest BCUT2D eigenvalue weighted by molar-refractivity contribution is 5.77. The van der Waals surface area contributed by atoms with Gasteiger partial charge < -0.3 is 10.5 Å². The summed E-state index contributed by atoms with van der Waals surface area (Å²) in [6.07, 6.45) is 6.48. The quantitative estimate of drug-likeness (QED) is 0.745. The van der Waals surface area contributed by atoms with Gasteiger partial charge >= 0.3 is 5.97 Å². The fourth-order valence-corrected chi connectivity index (χ4v) is 2.44. The Bertz CT molecular complexity index is 253. The van der Waals surface area contributed by atoms with E-state index in [0.717, 1.165) is 31.6 Å². The highest BCUT2D eigenvalue weighted by Gasteiger charge is 2.41. The first-order chi connectivity index (χ1) is 7.66. The van der Waals surface area contributed by atoms with Gasteiger partial charge in [0.25, 0.3) is 0 Å². The van der Waals surface area contributed by atoms with Crippen LogP contribution < -0.4 is 5.73 Å². The third-order valence-corrected chi connectivity index (χ3v) is 4.20. The van der Waals surface area contributed by atoms with Crippen LogP contribution in [0.15, 0.2) is 0 Å². The Morgan fingerprint density at radius 3 is 2.44 bits per heavy atom. The largest absolute Gasteiger partial charge is 0.465 e. The Kier molecular flexibility index (Phi) is 3.53. The lowest BCUT2D eigenvalue weighted by molar-refractivity contribution is -0.158. The van der Waals surface area contributed by atoms with Gasteiger partial charge in [-0.15, -0.1) is 0 Å². The standard InChI is InChI=1S/C13H23NO2/c1-10-4-6-13(9-14,7-5-10)12(15)16-8-11-2-3-11/h10-11H,2-9,14H2,1H3. The molecule has 0 radical (unpaired) electrons. The predicted molar refractivity (Wildman–Crippen MR) is 62.8 cm³/mol. The van der Waals surface area contributed by atoms with E-state index in [1.54, 1.807) is 0 Å². The molecule has 2 aliphatic rings. The Labute approximate surface area is 97.7 Å². The second-order valence-electron chi connectivity index (χ2n) is 5.71. The highest BCUT2D eigenvalue weighted by Crippen LogP contribution is 2.39. The number of hydrogen-bond donors (Lipinski definition) is 1. The van der Waals surface area contributed by atoms with Crippen molar-refractivity contribution in [2.75, 3.05) is 13.2 Å². The summed E-state index contributed by atoms with van der Waals surface area (Å²) in [7, 11) is 0. The molecule has 0 unspecified atom stereocenters. The van der Waals surface area contributed by atoms with Crippen LogP contribution in [0, 0.1) is 17.3 Å². The summed E-state index contributed by atoms with van der Waals surface area (Å²) in [6.45, 7) is 3.31. The molecule has 2 saturated carbocycles. The van der Waals surface area contributed by atoms with Gasteiger partial charge in [0.05, 0.1) is 12.0 Å². The van der Waals surface area contributed by atoms with Crippen molar-refractivity contribution < 1.29 is 9.53 Å². The molecule has 0 heterocycles. The second-order valence-corrected chi connectivity index (χ2v) is 5.71. The van der Waals surface area contributed by atoms with E-state index in [1.807, 2.05) is 0 Å². The summed E-state index contributed by atoms with van der Waals surface area (Å²) in [4.78, 5) is 12.1.